The lowest BCUT2D eigenvalue weighted by Gasteiger charge is -2.34. The van der Waals surface area contributed by atoms with E-state index in [-0.39, 0.29) is 46.3 Å². The zero-order valence-corrected chi connectivity index (χ0v) is 51.2. The van der Waals surface area contributed by atoms with Crippen LogP contribution in [0.3, 0.4) is 0 Å². The van der Waals surface area contributed by atoms with Crippen LogP contribution in [0.2, 0.25) is 0 Å². The number of amides is 4. The van der Waals surface area contributed by atoms with Crippen LogP contribution in [0.1, 0.15) is 90.6 Å². The lowest BCUT2D eigenvalue weighted by atomic mass is 9.88. The molecule has 6 aromatic carbocycles. The third kappa shape index (κ3) is 11.3. The first-order valence-electron chi connectivity index (χ1n) is 28.4. The standard InChI is InChI=1S/2C32H32FN5O5S/c2*1-34-31(39)28-23-16-22(20-8-7-15-38(18-20)32(40)30-35-24-9-5-6-10-25(24)36(30)2)26(37(3)44(4,41)42)17-27(23)43-29(28)19-11-13-21(33)14-12-19/h2*5-6,9-14,16-17,20H,7-8,15,18H2,1-4H3,(H,34,39). The number of rotatable bonds is 12. The van der Waals surface area contributed by atoms with Crippen LogP contribution >= 0.6 is 0 Å². The monoisotopic (exact) mass is 1230 g/mol. The quantitative estimate of drug-likeness (QED) is 0.116. The van der Waals surface area contributed by atoms with Gasteiger partial charge in [0.15, 0.2) is 11.6 Å². The maximum absolute atomic E-state index is 13.8. The molecule has 4 amide bonds. The van der Waals surface area contributed by atoms with Gasteiger partial charge in [0, 0.05) is 114 Å². The van der Waals surface area contributed by atoms with Crippen LogP contribution in [0.5, 0.6) is 0 Å². The molecule has 88 heavy (non-hydrogen) atoms. The van der Waals surface area contributed by atoms with Crippen molar-refractivity contribution in [3.8, 4) is 22.6 Å². The second kappa shape index (κ2) is 23.7. The Morgan fingerprint density at radius 1 is 0.557 bits per heavy atom. The number of fused-ring (bicyclic) bond motifs is 4. The summed E-state index contributed by atoms with van der Waals surface area (Å²) in [6, 6.07) is 33.1. The van der Waals surface area contributed by atoms with Crippen molar-refractivity contribution in [3.05, 3.63) is 167 Å². The molecule has 10 aromatic rings. The zero-order chi connectivity index (χ0) is 62.7. The molecule has 2 aliphatic heterocycles. The molecule has 2 unspecified atom stereocenters. The molecule has 12 rings (SSSR count). The van der Waals surface area contributed by atoms with E-state index in [4.69, 9.17) is 8.83 Å². The van der Waals surface area contributed by atoms with Gasteiger partial charge >= 0.3 is 0 Å². The van der Waals surface area contributed by atoms with Crippen molar-refractivity contribution in [2.45, 2.75) is 37.5 Å². The van der Waals surface area contributed by atoms with Crippen LogP contribution in [-0.2, 0) is 34.1 Å². The Balaban J connectivity index is 0.000000182. The first-order chi connectivity index (χ1) is 41.9. The van der Waals surface area contributed by atoms with E-state index in [0.717, 1.165) is 34.6 Å². The first-order valence-corrected chi connectivity index (χ1v) is 32.1. The Morgan fingerprint density at radius 3 is 1.26 bits per heavy atom. The molecule has 20 nitrogen and oxygen atoms in total. The van der Waals surface area contributed by atoms with Gasteiger partial charge < -0.3 is 38.4 Å². The number of benzene rings is 6. The number of nitrogens with zero attached hydrogens (tertiary/aromatic N) is 8. The summed E-state index contributed by atoms with van der Waals surface area (Å²) in [4.78, 5) is 66.6. The summed E-state index contributed by atoms with van der Waals surface area (Å²) >= 11 is 0. The number of sulfonamides is 2. The topological polar surface area (TPSA) is 236 Å². The van der Waals surface area contributed by atoms with Gasteiger partial charge in [-0.2, -0.15) is 0 Å². The number of nitrogens with one attached hydrogen (secondary N) is 2. The highest BCUT2D eigenvalue weighted by atomic mass is 32.2. The van der Waals surface area contributed by atoms with Crippen molar-refractivity contribution < 1.29 is 53.6 Å². The lowest BCUT2D eigenvalue weighted by molar-refractivity contribution is 0.0685. The molecule has 2 atom stereocenters. The van der Waals surface area contributed by atoms with Gasteiger partial charge in [-0.05, 0) is 122 Å². The number of aromatic nitrogens is 4. The Bertz CT molecular complexity index is 4360. The van der Waals surface area contributed by atoms with Crippen LogP contribution in [0.25, 0.3) is 66.7 Å². The van der Waals surface area contributed by atoms with E-state index in [2.05, 4.69) is 20.6 Å². The third-order valence-corrected chi connectivity index (χ3v) is 19.1. The molecule has 0 bridgehead atoms. The second-order valence-electron chi connectivity index (χ2n) is 22.2. The molecular weight excluding hydrogens is 1170 g/mol. The summed E-state index contributed by atoms with van der Waals surface area (Å²) in [5.41, 5.74) is 7.41. The number of piperidine rings is 2. The number of furan rings is 2. The Labute approximate surface area is 506 Å². The van der Waals surface area contributed by atoms with Crippen LogP contribution < -0.4 is 19.2 Å². The Morgan fingerprint density at radius 2 is 0.920 bits per heavy atom. The summed E-state index contributed by atoms with van der Waals surface area (Å²) in [6.07, 6.45) is 5.00. The average Bonchev–Trinajstić information content (AvgIpc) is 1.84. The SMILES string of the molecule is CNC(=O)c1c(-c2ccc(F)cc2)oc2cc(N(C)S(C)(=O)=O)c(C3CCCN(C(=O)c4nc5ccccc5n4C)C3)cc12.CNC(=O)c1c(-c2ccc(F)cc2)oc2cc(N(C)S(C)(=O)=O)c(C3CCCN(C(=O)c4nc5ccccc5n4C)C3)cc12. The number of aryl methyl sites for hydroxylation is 2. The molecule has 2 fully saturated rings. The van der Waals surface area contributed by atoms with Crippen molar-refractivity contribution in [2.24, 2.45) is 14.1 Å². The number of likely N-dealkylation sites (tertiary alicyclic amines) is 2. The fourth-order valence-electron chi connectivity index (χ4n) is 12.0. The molecule has 2 aliphatic rings. The van der Waals surface area contributed by atoms with E-state index in [9.17, 15) is 44.8 Å². The molecule has 0 radical (unpaired) electrons. The van der Waals surface area contributed by atoms with Gasteiger partial charge in [0.1, 0.15) is 34.3 Å². The minimum atomic E-state index is -3.68. The molecule has 0 spiro atoms. The zero-order valence-electron chi connectivity index (χ0n) is 49.6. The predicted molar refractivity (Wildman–Crippen MR) is 334 cm³/mol. The molecule has 0 saturated carbocycles. The van der Waals surface area contributed by atoms with Gasteiger partial charge in [0.05, 0.1) is 57.1 Å². The van der Waals surface area contributed by atoms with Crippen molar-refractivity contribution >= 4 is 99.1 Å². The van der Waals surface area contributed by atoms with Gasteiger partial charge in [0.2, 0.25) is 20.0 Å². The molecule has 4 aromatic heterocycles. The van der Waals surface area contributed by atoms with E-state index in [1.165, 1.54) is 85.3 Å². The van der Waals surface area contributed by atoms with E-state index < -0.39 is 43.5 Å². The predicted octanol–water partition coefficient (Wildman–Crippen LogP) is 9.80. The first kappa shape index (κ1) is 60.3. The van der Waals surface area contributed by atoms with Crippen LogP contribution in [0.15, 0.2) is 130 Å². The van der Waals surface area contributed by atoms with Gasteiger partial charge in [0.25, 0.3) is 23.6 Å². The van der Waals surface area contributed by atoms with Crippen molar-refractivity contribution in [1.29, 1.82) is 0 Å². The molecule has 0 aliphatic carbocycles. The number of halogens is 2. The number of hydrogen-bond acceptors (Lipinski definition) is 12. The normalized spacial score (nSPS) is 15.6. The molecular formula is C64H64F2N10O10S2. The van der Waals surface area contributed by atoms with Gasteiger partial charge in [-0.3, -0.25) is 27.8 Å². The summed E-state index contributed by atoms with van der Waals surface area (Å²) in [6.45, 7) is 1.72. The highest BCUT2D eigenvalue weighted by Crippen LogP contribution is 2.44. The minimum absolute atomic E-state index is 0.208. The largest absolute Gasteiger partial charge is 0.455 e. The van der Waals surface area contributed by atoms with Crippen molar-refractivity contribution in [2.75, 3.05) is 75.5 Å². The lowest BCUT2D eigenvalue weighted by Crippen LogP contribution is -2.40. The van der Waals surface area contributed by atoms with Crippen molar-refractivity contribution in [1.82, 2.24) is 39.5 Å². The van der Waals surface area contributed by atoms with Crippen LogP contribution in [0.4, 0.5) is 20.2 Å². The summed E-state index contributed by atoms with van der Waals surface area (Å²) < 4.78 is 96.9. The maximum atomic E-state index is 13.8. The number of carbonyl (C=O) groups is 4. The van der Waals surface area contributed by atoms with E-state index >= 15 is 0 Å². The molecule has 456 valence electrons. The van der Waals surface area contributed by atoms with E-state index in [1.54, 1.807) is 43.2 Å². The number of carbonyl (C=O) groups excluding carboxylic acids is 4. The summed E-state index contributed by atoms with van der Waals surface area (Å²) in [7, 11) is 2.21. The molecule has 2 N–H and O–H groups in total. The highest BCUT2D eigenvalue weighted by molar-refractivity contribution is 7.92. The summed E-state index contributed by atoms with van der Waals surface area (Å²) in [5.74, 6) is -1.42. The third-order valence-electron chi connectivity index (χ3n) is 16.7. The van der Waals surface area contributed by atoms with Gasteiger partial charge in [-0.25, -0.2) is 35.6 Å². The fourth-order valence-corrected chi connectivity index (χ4v) is 13.0. The summed E-state index contributed by atoms with van der Waals surface area (Å²) in [5, 5.41) is 6.29. The number of anilines is 2. The smallest absolute Gasteiger partial charge is 0.289 e. The molecule has 2 saturated heterocycles. The molecule has 6 heterocycles. The van der Waals surface area contributed by atoms with E-state index in [0.29, 0.717) is 119 Å². The number of para-hydroxylation sites is 4. The average molecular weight is 1240 g/mol. The minimum Gasteiger partial charge on any atom is -0.455 e. The Kier molecular flexibility index (Phi) is 16.2. The maximum Gasteiger partial charge on any atom is 0.289 e. The van der Waals surface area contributed by atoms with Crippen LogP contribution in [0, 0.1) is 11.6 Å². The fraction of sp³-hybridized carbons (Fsp3) is 0.281. The van der Waals surface area contributed by atoms with Crippen LogP contribution in [-0.4, -0.2) is 136 Å². The molecule has 24 heteroatoms. The second-order valence-corrected chi connectivity index (χ2v) is 26.2. The van der Waals surface area contributed by atoms with Gasteiger partial charge in [-0.15, -0.1) is 0 Å². The van der Waals surface area contributed by atoms with Gasteiger partial charge in [-0.1, -0.05) is 24.3 Å². The highest BCUT2D eigenvalue weighted by Gasteiger charge is 2.36. The number of imidazole rings is 2. The Hall–Kier alpha value is -9.42. The van der Waals surface area contributed by atoms with Crippen molar-refractivity contribution in [3.63, 3.8) is 0 Å². The number of hydrogen-bond donors (Lipinski definition) is 2. The van der Waals surface area contributed by atoms with E-state index in [1.807, 2.05) is 62.6 Å².